The van der Waals surface area contributed by atoms with E-state index in [0.717, 1.165) is 35.1 Å². The highest BCUT2D eigenvalue weighted by molar-refractivity contribution is 5.86. The van der Waals surface area contributed by atoms with Crippen molar-refractivity contribution >= 4 is 17.8 Å². The van der Waals surface area contributed by atoms with Crippen molar-refractivity contribution < 1.29 is 29.0 Å². The second-order valence-electron chi connectivity index (χ2n) is 12.6. The molecule has 0 fully saturated rings. The van der Waals surface area contributed by atoms with Crippen molar-refractivity contribution in [2.24, 2.45) is 11.8 Å². The SMILES string of the molecule is O=C1N[C@@H](COCc2ccccc2)COC(=O)[C@@H](Cc2ccccc2)CCCC=CC[C@@H]1CC(=O)N1Cc2ccccc2C[C@H]1CO. The van der Waals surface area contributed by atoms with Crippen molar-refractivity contribution in [3.8, 4) is 0 Å². The summed E-state index contributed by atoms with van der Waals surface area (Å²) in [6, 6.07) is 26.7. The molecule has 3 aromatic rings. The van der Waals surface area contributed by atoms with Crippen molar-refractivity contribution in [1.82, 2.24) is 10.2 Å². The molecule has 2 N–H and O–H groups in total. The summed E-state index contributed by atoms with van der Waals surface area (Å²) in [5.41, 5.74) is 4.27. The molecule has 5 rings (SSSR count). The topological polar surface area (TPSA) is 105 Å². The van der Waals surface area contributed by atoms with Crippen LogP contribution in [0.4, 0.5) is 0 Å². The van der Waals surface area contributed by atoms with Crippen molar-refractivity contribution in [1.29, 1.82) is 0 Å². The number of ether oxygens (including phenoxy) is 2. The van der Waals surface area contributed by atoms with Gasteiger partial charge in [-0.15, -0.1) is 0 Å². The number of esters is 1. The van der Waals surface area contributed by atoms with E-state index >= 15 is 0 Å². The third kappa shape index (κ3) is 10.1. The largest absolute Gasteiger partial charge is 0.463 e. The Kier molecular flexibility index (Phi) is 12.8. The first-order valence-electron chi connectivity index (χ1n) is 16.7. The predicted molar refractivity (Wildman–Crippen MR) is 180 cm³/mol. The number of nitrogens with zero attached hydrogens (tertiary/aromatic N) is 1. The molecule has 8 nitrogen and oxygen atoms in total. The summed E-state index contributed by atoms with van der Waals surface area (Å²) in [5, 5.41) is 13.2. The minimum Gasteiger partial charge on any atom is -0.463 e. The van der Waals surface area contributed by atoms with Crippen LogP contribution in [0.2, 0.25) is 0 Å². The molecule has 2 amide bonds. The zero-order valence-electron chi connectivity index (χ0n) is 27.0. The highest BCUT2D eigenvalue weighted by Gasteiger charge is 2.33. The fourth-order valence-corrected chi connectivity index (χ4v) is 6.36. The van der Waals surface area contributed by atoms with Crippen LogP contribution >= 0.6 is 0 Å². The molecule has 4 atom stereocenters. The predicted octanol–water partition coefficient (Wildman–Crippen LogP) is 5.17. The fourth-order valence-electron chi connectivity index (χ4n) is 6.36. The van der Waals surface area contributed by atoms with E-state index in [0.29, 0.717) is 38.8 Å². The number of nitrogens with one attached hydrogen (secondary N) is 1. The lowest BCUT2D eigenvalue weighted by molar-refractivity contribution is -0.151. The number of aliphatic hydroxyl groups is 1. The van der Waals surface area contributed by atoms with Crippen molar-refractivity contribution in [3.05, 3.63) is 119 Å². The van der Waals surface area contributed by atoms with Gasteiger partial charge in [0, 0.05) is 13.0 Å². The van der Waals surface area contributed by atoms with Gasteiger partial charge in [0.05, 0.1) is 43.7 Å². The third-order valence-electron chi connectivity index (χ3n) is 9.05. The molecule has 0 saturated heterocycles. The summed E-state index contributed by atoms with van der Waals surface area (Å²) < 4.78 is 11.8. The van der Waals surface area contributed by atoms with Gasteiger partial charge >= 0.3 is 5.97 Å². The maximum atomic E-state index is 13.8. The van der Waals surface area contributed by atoms with Crippen LogP contribution in [0.1, 0.15) is 54.4 Å². The Morgan fingerprint density at radius 1 is 0.894 bits per heavy atom. The lowest BCUT2D eigenvalue weighted by Gasteiger charge is -2.36. The van der Waals surface area contributed by atoms with Gasteiger partial charge in [0.15, 0.2) is 0 Å². The van der Waals surface area contributed by atoms with E-state index in [9.17, 15) is 19.5 Å². The summed E-state index contributed by atoms with van der Waals surface area (Å²) in [6.45, 7) is 0.718. The Hall–Kier alpha value is -4.27. The first-order chi connectivity index (χ1) is 23.0. The first kappa shape index (κ1) is 34.1. The lowest BCUT2D eigenvalue weighted by atomic mass is 9.92. The molecular formula is C39H46N2O6. The fraction of sp³-hybridized carbons (Fsp3) is 0.410. The number of aliphatic hydroxyl groups excluding tert-OH is 1. The normalized spacial score (nSPS) is 22.4. The molecule has 0 radical (unpaired) electrons. The number of hydrogen-bond acceptors (Lipinski definition) is 6. The molecule has 0 unspecified atom stereocenters. The van der Waals surface area contributed by atoms with Crippen LogP contribution in [0.25, 0.3) is 0 Å². The molecule has 248 valence electrons. The molecule has 0 aromatic heterocycles. The molecule has 2 aliphatic heterocycles. The quantitative estimate of drug-likeness (QED) is 0.248. The Bertz CT molecular complexity index is 1480. The second kappa shape index (κ2) is 17.6. The van der Waals surface area contributed by atoms with E-state index in [1.807, 2.05) is 97.1 Å². The van der Waals surface area contributed by atoms with Crippen molar-refractivity contribution in [3.63, 3.8) is 0 Å². The second-order valence-corrected chi connectivity index (χ2v) is 12.6. The summed E-state index contributed by atoms with van der Waals surface area (Å²) in [4.78, 5) is 42.6. The van der Waals surface area contributed by atoms with E-state index in [1.165, 1.54) is 0 Å². The number of rotatable bonds is 9. The molecule has 0 aliphatic carbocycles. The summed E-state index contributed by atoms with van der Waals surface area (Å²) >= 11 is 0. The number of benzene rings is 3. The first-order valence-corrected chi connectivity index (χ1v) is 16.7. The molecule has 0 saturated carbocycles. The molecule has 2 heterocycles. The smallest absolute Gasteiger partial charge is 0.309 e. The summed E-state index contributed by atoms with van der Waals surface area (Å²) in [5.74, 6) is -1.67. The number of cyclic esters (lactones) is 1. The monoisotopic (exact) mass is 638 g/mol. The molecule has 47 heavy (non-hydrogen) atoms. The van der Waals surface area contributed by atoms with Gasteiger partial charge in [0.2, 0.25) is 11.8 Å². The maximum Gasteiger partial charge on any atom is 0.309 e. The molecule has 2 aliphatic rings. The van der Waals surface area contributed by atoms with Gasteiger partial charge in [0.1, 0.15) is 6.61 Å². The van der Waals surface area contributed by atoms with E-state index in [4.69, 9.17) is 9.47 Å². The van der Waals surface area contributed by atoms with Crippen LogP contribution in [0, 0.1) is 11.8 Å². The Labute approximate surface area is 277 Å². The Balaban J connectivity index is 1.30. The number of carbonyl (C=O) groups excluding carboxylic acids is 3. The van der Waals surface area contributed by atoms with Gasteiger partial charge in [-0.1, -0.05) is 97.1 Å². The van der Waals surface area contributed by atoms with Crippen molar-refractivity contribution in [2.75, 3.05) is 19.8 Å². The van der Waals surface area contributed by atoms with Gasteiger partial charge in [0.25, 0.3) is 0 Å². The zero-order valence-corrected chi connectivity index (χ0v) is 27.0. The highest BCUT2D eigenvalue weighted by atomic mass is 16.5. The number of allylic oxidation sites excluding steroid dienone is 2. The molecule has 8 heteroatoms. The Morgan fingerprint density at radius 2 is 1.60 bits per heavy atom. The maximum absolute atomic E-state index is 13.8. The van der Waals surface area contributed by atoms with E-state index in [-0.39, 0.29) is 56.0 Å². The minimum atomic E-state index is -0.628. The van der Waals surface area contributed by atoms with Crippen LogP contribution in [0.15, 0.2) is 97.1 Å². The van der Waals surface area contributed by atoms with Crippen LogP contribution in [0.3, 0.4) is 0 Å². The Morgan fingerprint density at radius 3 is 2.34 bits per heavy atom. The number of amides is 2. The van der Waals surface area contributed by atoms with Gasteiger partial charge in [-0.25, -0.2) is 0 Å². The van der Waals surface area contributed by atoms with E-state index in [2.05, 4.69) is 5.32 Å². The van der Waals surface area contributed by atoms with Gasteiger partial charge in [-0.05, 0) is 60.8 Å². The van der Waals surface area contributed by atoms with Gasteiger partial charge in [-0.3, -0.25) is 14.4 Å². The number of carbonyl (C=O) groups is 3. The molecular weight excluding hydrogens is 592 g/mol. The van der Waals surface area contributed by atoms with Gasteiger partial charge < -0.3 is 24.8 Å². The van der Waals surface area contributed by atoms with Crippen LogP contribution in [0.5, 0.6) is 0 Å². The van der Waals surface area contributed by atoms with E-state index in [1.54, 1.807) is 4.90 Å². The van der Waals surface area contributed by atoms with E-state index < -0.39 is 12.0 Å². The average molecular weight is 639 g/mol. The van der Waals surface area contributed by atoms with Crippen LogP contribution in [-0.4, -0.2) is 59.7 Å². The number of fused-ring (bicyclic) bond motifs is 1. The summed E-state index contributed by atoms with van der Waals surface area (Å²) in [7, 11) is 0. The van der Waals surface area contributed by atoms with Crippen LogP contribution < -0.4 is 5.32 Å². The van der Waals surface area contributed by atoms with Crippen molar-refractivity contribution in [2.45, 2.75) is 70.2 Å². The lowest BCUT2D eigenvalue weighted by Crippen LogP contribution is -2.49. The number of hydrogen-bond donors (Lipinski definition) is 2. The average Bonchev–Trinajstić information content (AvgIpc) is 3.10. The van der Waals surface area contributed by atoms with Crippen LogP contribution in [-0.2, 0) is 49.9 Å². The zero-order chi connectivity index (χ0) is 32.8. The molecule has 0 bridgehead atoms. The third-order valence-corrected chi connectivity index (χ3v) is 9.05. The molecule has 3 aromatic carbocycles. The highest BCUT2D eigenvalue weighted by Crippen LogP contribution is 2.26. The minimum absolute atomic E-state index is 0.00533. The molecule has 0 spiro atoms. The van der Waals surface area contributed by atoms with Gasteiger partial charge in [-0.2, -0.15) is 0 Å². The summed E-state index contributed by atoms with van der Waals surface area (Å²) in [6.07, 6.45) is 7.82. The standard InChI is InChI=1S/C39H46N2O6/c42-25-36-22-31-17-11-12-20-34(31)24-41(36)37(43)23-32-18-9-1-2-10-19-33(21-29-13-5-3-6-14-29)39(45)47-28-35(40-38(32)44)27-46-26-30-15-7-4-8-16-30/h1,3-9,11-17,20,32-33,35-36,42H,2,10,18-19,21-28H2,(H,40,44)/t32-,33-,35+,36+/m1/s1.